The summed E-state index contributed by atoms with van der Waals surface area (Å²) in [6, 6.07) is 17.6. The van der Waals surface area contributed by atoms with Crippen LogP contribution < -0.4 is 20.3 Å². The second-order valence-corrected chi connectivity index (χ2v) is 10.9. The molecule has 2 fully saturated rings. The molecule has 2 aromatic carbocycles. The maximum Gasteiger partial charge on any atom is 0.235 e. The highest BCUT2D eigenvalue weighted by atomic mass is 32.2. The zero-order valence-corrected chi connectivity index (χ0v) is 20.0. The van der Waals surface area contributed by atoms with Gasteiger partial charge in [-0.1, -0.05) is 6.07 Å². The SMILES string of the molecule is O=S(=O)(Nc1cccc(-n2ccc3cnc(Nc4ccc(N5CCNCC5)cc4)nc32)c1)C1CC1. The number of fused-ring (bicyclic) bond motifs is 1. The molecule has 2 aromatic heterocycles. The first-order valence-electron chi connectivity index (χ1n) is 11.8. The quantitative estimate of drug-likeness (QED) is 0.365. The number of aromatic nitrogens is 3. The van der Waals surface area contributed by atoms with Crippen molar-refractivity contribution in [1.29, 1.82) is 0 Å². The minimum Gasteiger partial charge on any atom is -0.369 e. The first-order valence-corrected chi connectivity index (χ1v) is 13.4. The third-order valence-electron chi connectivity index (χ3n) is 6.38. The largest absolute Gasteiger partial charge is 0.369 e. The van der Waals surface area contributed by atoms with Gasteiger partial charge in [0.25, 0.3) is 0 Å². The molecule has 3 N–H and O–H groups in total. The fourth-order valence-corrected chi connectivity index (χ4v) is 5.72. The molecule has 3 heterocycles. The van der Waals surface area contributed by atoms with Crippen molar-refractivity contribution < 1.29 is 8.42 Å². The summed E-state index contributed by atoms with van der Waals surface area (Å²) in [5.41, 5.74) is 4.23. The number of benzene rings is 2. The topological polar surface area (TPSA) is 104 Å². The molecule has 10 heteroatoms. The summed E-state index contributed by atoms with van der Waals surface area (Å²) in [4.78, 5) is 11.6. The molecule has 0 spiro atoms. The monoisotopic (exact) mass is 489 g/mol. The van der Waals surface area contributed by atoms with Gasteiger partial charge in [-0.2, -0.15) is 4.98 Å². The zero-order chi connectivity index (χ0) is 23.8. The molecule has 35 heavy (non-hydrogen) atoms. The summed E-state index contributed by atoms with van der Waals surface area (Å²) in [5.74, 6) is 0.498. The van der Waals surface area contributed by atoms with E-state index < -0.39 is 10.0 Å². The fraction of sp³-hybridized carbons (Fsp3) is 0.280. The molecule has 0 atom stereocenters. The van der Waals surface area contributed by atoms with Gasteiger partial charge in [-0.15, -0.1) is 0 Å². The molecular formula is C25H27N7O2S. The van der Waals surface area contributed by atoms with Crippen LogP contribution in [0.1, 0.15) is 12.8 Å². The van der Waals surface area contributed by atoms with Crippen molar-refractivity contribution in [2.45, 2.75) is 18.1 Å². The van der Waals surface area contributed by atoms with Crippen molar-refractivity contribution >= 4 is 44.1 Å². The van der Waals surface area contributed by atoms with E-state index in [4.69, 9.17) is 4.98 Å². The van der Waals surface area contributed by atoms with Crippen molar-refractivity contribution in [3.8, 4) is 5.69 Å². The van der Waals surface area contributed by atoms with Gasteiger partial charge in [-0.25, -0.2) is 13.4 Å². The summed E-state index contributed by atoms with van der Waals surface area (Å²) in [5, 5.41) is 7.30. The number of nitrogens with zero attached hydrogens (tertiary/aromatic N) is 4. The average Bonchev–Trinajstić information content (AvgIpc) is 3.66. The molecule has 4 aromatic rings. The van der Waals surface area contributed by atoms with E-state index in [1.54, 1.807) is 12.3 Å². The van der Waals surface area contributed by atoms with Crippen LogP contribution in [0.2, 0.25) is 0 Å². The van der Waals surface area contributed by atoms with E-state index in [2.05, 4.69) is 37.4 Å². The molecule has 9 nitrogen and oxygen atoms in total. The van der Waals surface area contributed by atoms with E-state index in [0.29, 0.717) is 11.6 Å². The smallest absolute Gasteiger partial charge is 0.235 e. The van der Waals surface area contributed by atoms with Crippen molar-refractivity contribution in [3.05, 3.63) is 67.0 Å². The molecule has 1 aliphatic carbocycles. The zero-order valence-electron chi connectivity index (χ0n) is 19.2. The third kappa shape index (κ3) is 4.67. The Balaban J connectivity index is 1.23. The highest BCUT2D eigenvalue weighted by Gasteiger charge is 2.35. The van der Waals surface area contributed by atoms with Gasteiger partial charge in [0.2, 0.25) is 16.0 Å². The lowest BCUT2D eigenvalue weighted by Gasteiger charge is -2.29. The Morgan fingerprint density at radius 2 is 1.74 bits per heavy atom. The molecule has 1 saturated heterocycles. The lowest BCUT2D eigenvalue weighted by Crippen LogP contribution is -2.43. The molecule has 1 aliphatic heterocycles. The number of nitrogens with one attached hydrogen (secondary N) is 3. The highest BCUT2D eigenvalue weighted by Crippen LogP contribution is 2.30. The van der Waals surface area contributed by atoms with Gasteiger partial charge in [0.15, 0.2) is 0 Å². The first kappa shape index (κ1) is 21.9. The summed E-state index contributed by atoms with van der Waals surface area (Å²) < 4.78 is 29.3. The number of hydrogen-bond acceptors (Lipinski definition) is 7. The molecular weight excluding hydrogens is 462 g/mol. The second-order valence-electron chi connectivity index (χ2n) is 8.96. The van der Waals surface area contributed by atoms with E-state index in [1.807, 2.05) is 47.2 Å². The molecule has 1 saturated carbocycles. The lowest BCUT2D eigenvalue weighted by molar-refractivity contribution is 0.589. The number of piperazine rings is 1. The summed E-state index contributed by atoms with van der Waals surface area (Å²) in [6.07, 6.45) is 5.15. The highest BCUT2D eigenvalue weighted by molar-refractivity contribution is 7.93. The van der Waals surface area contributed by atoms with E-state index in [9.17, 15) is 8.42 Å². The van der Waals surface area contributed by atoms with Gasteiger partial charge in [0.05, 0.1) is 10.9 Å². The molecule has 2 aliphatic rings. The number of anilines is 4. The maximum absolute atomic E-state index is 12.3. The van der Waals surface area contributed by atoms with Crippen molar-refractivity contribution in [3.63, 3.8) is 0 Å². The summed E-state index contributed by atoms with van der Waals surface area (Å²) in [7, 11) is -3.32. The normalized spacial score (nSPS) is 16.4. The molecule has 0 radical (unpaired) electrons. The molecule has 0 bridgehead atoms. The average molecular weight is 490 g/mol. The van der Waals surface area contributed by atoms with Crippen LogP contribution in [-0.2, 0) is 10.0 Å². The predicted molar refractivity (Wildman–Crippen MR) is 139 cm³/mol. The van der Waals surface area contributed by atoms with Crippen LogP contribution in [0.3, 0.4) is 0 Å². The fourth-order valence-electron chi connectivity index (χ4n) is 4.34. The van der Waals surface area contributed by atoms with Gasteiger partial charge in [-0.05, 0) is 61.4 Å². The van der Waals surface area contributed by atoms with Crippen LogP contribution >= 0.6 is 0 Å². The predicted octanol–water partition coefficient (Wildman–Crippen LogP) is 3.48. The van der Waals surface area contributed by atoms with Gasteiger partial charge in [0.1, 0.15) is 5.65 Å². The Bertz CT molecular complexity index is 1460. The second kappa shape index (κ2) is 8.86. The number of rotatable bonds is 7. The van der Waals surface area contributed by atoms with Crippen molar-refractivity contribution in [2.75, 3.05) is 41.1 Å². The van der Waals surface area contributed by atoms with Crippen molar-refractivity contribution in [1.82, 2.24) is 19.9 Å². The third-order valence-corrected chi connectivity index (χ3v) is 8.25. The van der Waals surface area contributed by atoms with E-state index >= 15 is 0 Å². The molecule has 6 rings (SSSR count). The van der Waals surface area contributed by atoms with Crippen LogP contribution in [0.25, 0.3) is 16.7 Å². The van der Waals surface area contributed by atoms with Crippen molar-refractivity contribution in [2.24, 2.45) is 0 Å². The van der Waals surface area contributed by atoms with E-state index in [-0.39, 0.29) is 5.25 Å². The van der Waals surface area contributed by atoms with Crippen LogP contribution in [0.15, 0.2) is 67.0 Å². The molecule has 0 unspecified atom stereocenters. The van der Waals surface area contributed by atoms with Crippen LogP contribution in [0.5, 0.6) is 0 Å². The standard InChI is InChI=1S/C25H27N7O2S/c33-35(34,23-8-9-23)30-20-2-1-3-22(16-20)32-13-10-18-17-27-25(29-24(18)32)28-19-4-6-21(7-5-19)31-14-11-26-12-15-31/h1-7,10,13,16-17,23,26,30H,8-9,11-12,14-15H2,(H,27,28,29). The Hall–Kier alpha value is -3.63. The van der Waals surface area contributed by atoms with E-state index in [0.717, 1.165) is 61.4 Å². The lowest BCUT2D eigenvalue weighted by atomic mass is 10.2. The molecule has 0 amide bonds. The van der Waals surface area contributed by atoms with Gasteiger partial charge in [-0.3, -0.25) is 4.72 Å². The Labute approximate surface area is 204 Å². The maximum atomic E-state index is 12.3. The summed E-state index contributed by atoms with van der Waals surface area (Å²) >= 11 is 0. The number of hydrogen-bond donors (Lipinski definition) is 3. The Kier molecular flexibility index (Phi) is 5.54. The summed E-state index contributed by atoms with van der Waals surface area (Å²) in [6.45, 7) is 4.02. The Morgan fingerprint density at radius 3 is 2.51 bits per heavy atom. The Morgan fingerprint density at radius 1 is 0.943 bits per heavy atom. The van der Waals surface area contributed by atoms with Crippen LogP contribution in [-0.4, -0.2) is 54.4 Å². The minimum absolute atomic E-state index is 0.272. The van der Waals surface area contributed by atoms with Gasteiger partial charge >= 0.3 is 0 Å². The number of sulfonamides is 1. The van der Waals surface area contributed by atoms with Crippen LogP contribution in [0, 0.1) is 0 Å². The van der Waals surface area contributed by atoms with E-state index in [1.165, 1.54) is 5.69 Å². The van der Waals surface area contributed by atoms with Gasteiger partial charge < -0.3 is 20.1 Å². The first-order chi connectivity index (χ1) is 17.0. The minimum atomic E-state index is -3.32. The molecule has 180 valence electrons. The van der Waals surface area contributed by atoms with Gasteiger partial charge in [0, 0.05) is 61.0 Å². The van der Waals surface area contributed by atoms with Crippen LogP contribution in [0.4, 0.5) is 23.0 Å².